The number of benzene rings is 3. The number of aromatic nitrogens is 2. The smallest absolute Gasteiger partial charge is 0.324 e. The molecule has 220 valence electrons. The Morgan fingerprint density at radius 2 is 1.65 bits per heavy atom. The summed E-state index contributed by atoms with van der Waals surface area (Å²) in [7, 11) is 0. The van der Waals surface area contributed by atoms with Gasteiger partial charge in [0.25, 0.3) is 5.89 Å². The third-order valence-electron chi connectivity index (χ3n) is 8.23. The van der Waals surface area contributed by atoms with Gasteiger partial charge in [-0.3, -0.25) is 19.3 Å². The Morgan fingerprint density at radius 1 is 0.953 bits per heavy atom. The summed E-state index contributed by atoms with van der Waals surface area (Å²) in [4.78, 5) is 43.2. The van der Waals surface area contributed by atoms with E-state index in [1.54, 1.807) is 12.1 Å². The molecule has 2 fully saturated rings. The minimum atomic E-state index is -1.63. The first-order chi connectivity index (χ1) is 20.8. The summed E-state index contributed by atoms with van der Waals surface area (Å²) in [6.45, 7) is 1.00. The highest BCUT2D eigenvalue weighted by Crippen LogP contribution is 2.35. The van der Waals surface area contributed by atoms with Crippen LogP contribution < -0.4 is 0 Å². The number of nitrogens with zero attached hydrogens (tertiary/aromatic N) is 3. The van der Waals surface area contributed by atoms with Gasteiger partial charge in [-0.15, -0.1) is 0 Å². The number of Topliss-reactive ketones (excluding diaryl/α,β-unsaturated/α-hetero) is 1. The first-order valence-corrected chi connectivity index (χ1v) is 14.3. The SMILES string of the molecule is O=C(COC(=O)C1(C(=O)O)CCN(Cc2ccc(-c3noc(-c4ccc(-c5ccccc5)c(F)c4)n3)cc2)CC1)C1CC1. The van der Waals surface area contributed by atoms with Gasteiger partial charge >= 0.3 is 11.9 Å². The maximum atomic E-state index is 14.8. The van der Waals surface area contributed by atoms with Gasteiger partial charge in [-0.05, 0) is 48.9 Å². The van der Waals surface area contributed by atoms with Crippen LogP contribution in [0.5, 0.6) is 0 Å². The minimum Gasteiger partial charge on any atom is -0.480 e. The lowest BCUT2D eigenvalue weighted by Crippen LogP contribution is -2.49. The van der Waals surface area contributed by atoms with Crippen molar-refractivity contribution in [3.63, 3.8) is 0 Å². The molecule has 2 heterocycles. The molecule has 0 amide bonds. The van der Waals surface area contributed by atoms with Gasteiger partial charge in [-0.25, -0.2) is 4.39 Å². The fourth-order valence-electron chi connectivity index (χ4n) is 5.37. The normalized spacial score (nSPS) is 16.5. The van der Waals surface area contributed by atoms with Gasteiger partial charge in [0.2, 0.25) is 5.82 Å². The number of rotatable bonds is 10. The van der Waals surface area contributed by atoms with Gasteiger partial charge in [0.05, 0.1) is 0 Å². The first-order valence-electron chi connectivity index (χ1n) is 14.3. The molecular formula is C33H30FN3O6. The Kier molecular flexibility index (Phi) is 7.86. The molecule has 9 nitrogen and oxygen atoms in total. The van der Waals surface area contributed by atoms with Gasteiger partial charge < -0.3 is 14.4 Å². The van der Waals surface area contributed by atoms with Crippen molar-refractivity contribution in [2.24, 2.45) is 11.3 Å². The van der Waals surface area contributed by atoms with E-state index in [1.165, 1.54) is 6.07 Å². The topological polar surface area (TPSA) is 123 Å². The number of ether oxygens (including phenoxy) is 1. The second-order valence-electron chi connectivity index (χ2n) is 11.2. The molecule has 4 aromatic rings. The number of likely N-dealkylation sites (tertiary alicyclic amines) is 1. The molecule has 1 aliphatic heterocycles. The standard InChI is InChI=1S/C33H30FN3O6/c34-27-18-25(12-13-26(27)22-4-2-1-3-5-22)30-35-29(36-43-30)24-8-6-21(7-9-24)19-37-16-14-33(15-17-37,31(39)40)32(41)42-20-28(38)23-10-11-23/h1-9,12-13,18,23H,10-11,14-17,19-20H2,(H,39,40). The molecule has 1 aliphatic carbocycles. The van der Waals surface area contributed by atoms with E-state index < -0.39 is 17.4 Å². The van der Waals surface area contributed by atoms with Gasteiger partial charge in [0, 0.05) is 42.2 Å². The summed E-state index contributed by atoms with van der Waals surface area (Å²) in [5.74, 6) is -2.03. The van der Waals surface area contributed by atoms with Gasteiger partial charge in [0.1, 0.15) is 12.4 Å². The molecule has 1 saturated carbocycles. The zero-order valence-corrected chi connectivity index (χ0v) is 23.4. The Labute approximate surface area is 247 Å². The average molecular weight is 584 g/mol. The van der Waals surface area contributed by atoms with E-state index in [-0.39, 0.29) is 42.9 Å². The number of piperidine rings is 1. The predicted molar refractivity (Wildman–Crippen MR) is 154 cm³/mol. The molecule has 0 unspecified atom stereocenters. The van der Waals surface area contributed by atoms with E-state index in [1.807, 2.05) is 54.6 Å². The number of aliphatic carboxylic acids is 1. The molecule has 1 N–H and O–H groups in total. The third kappa shape index (κ3) is 6.10. The fourth-order valence-corrected chi connectivity index (χ4v) is 5.37. The molecule has 0 bridgehead atoms. The number of esters is 1. The summed E-state index contributed by atoms with van der Waals surface area (Å²) in [6, 6.07) is 21.7. The van der Waals surface area contributed by atoms with Crippen LogP contribution >= 0.6 is 0 Å². The first kappa shape index (κ1) is 28.4. The van der Waals surface area contributed by atoms with E-state index in [0.717, 1.165) is 29.5 Å². The summed E-state index contributed by atoms with van der Waals surface area (Å²) < 4.78 is 25.4. The number of hydrogen-bond acceptors (Lipinski definition) is 8. The summed E-state index contributed by atoms with van der Waals surface area (Å²) in [5.41, 5.74) is 1.84. The maximum Gasteiger partial charge on any atom is 0.324 e. The van der Waals surface area contributed by atoms with E-state index >= 15 is 0 Å². The van der Waals surface area contributed by atoms with Crippen molar-refractivity contribution in [1.82, 2.24) is 15.0 Å². The van der Waals surface area contributed by atoms with Crippen molar-refractivity contribution in [3.8, 4) is 34.0 Å². The molecule has 3 aromatic carbocycles. The van der Waals surface area contributed by atoms with Crippen molar-refractivity contribution >= 4 is 17.7 Å². The van der Waals surface area contributed by atoms with Crippen LogP contribution in [0, 0.1) is 17.2 Å². The quantitative estimate of drug-likeness (QED) is 0.193. The van der Waals surface area contributed by atoms with Crippen LogP contribution in [0.25, 0.3) is 34.0 Å². The number of carboxylic acids is 1. The molecule has 6 rings (SSSR count). The summed E-state index contributed by atoms with van der Waals surface area (Å²) in [6.07, 6.45) is 1.82. The number of carboxylic acid groups (broad SMARTS) is 1. The minimum absolute atomic E-state index is 0.0499. The van der Waals surface area contributed by atoms with Crippen LogP contribution in [-0.2, 0) is 25.7 Å². The number of carbonyl (C=O) groups excluding carboxylic acids is 2. The van der Waals surface area contributed by atoms with Crippen LogP contribution in [-0.4, -0.2) is 57.6 Å². The van der Waals surface area contributed by atoms with E-state index in [9.17, 15) is 23.9 Å². The lowest BCUT2D eigenvalue weighted by Gasteiger charge is -2.37. The van der Waals surface area contributed by atoms with Crippen LogP contribution in [0.1, 0.15) is 31.2 Å². The lowest BCUT2D eigenvalue weighted by atomic mass is 9.78. The number of hydrogen-bond donors (Lipinski definition) is 1. The number of halogens is 1. The maximum absolute atomic E-state index is 14.8. The Morgan fingerprint density at radius 3 is 2.30 bits per heavy atom. The monoisotopic (exact) mass is 583 g/mol. The highest BCUT2D eigenvalue weighted by atomic mass is 19.1. The van der Waals surface area contributed by atoms with Crippen molar-refractivity contribution in [2.75, 3.05) is 19.7 Å². The molecule has 10 heteroatoms. The van der Waals surface area contributed by atoms with Crippen molar-refractivity contribution < 1.29 is 33.1 Å². The Balaban J connectivity index is 1.06. The van der Waals surface area contributed by atoms with Crippen LogP contribution in [0.4, 0.5) is 4.39 Å². The van der Waals surface area contributed by atoms with Crippen LogP contribution in [0.3, 0.4) is 0 Å². The van der Waals surface area contributed by atoms with Crippen molar-refractivity contribution in [3.05, 3.63) is 84.2 Å². The van der Waals surface area contributed by atoms with Crippen LogP contribution in [0.2, 0.25) is 0 Å². The predicted octanol–water partition coefficient (Wildman–Crippen LogP) is 5.40. The Hall–Kier alpha value is -4.70. The number of carbonyl (C=O) groups is 3. The van der Waals surface area contributed by atoms with E-state index in [0.29, 0.717) is 36.6 Å². The molecule has 1 saturated heterocycles. The summed E-state index contributed by atoms with van der Waals surface area (Å²) >= 11 is 0. The van der Waals surface area contributed by atoms with Crippen molar-refractivity contribution in [2.45, 2.75) is 32.2 Å². The molecule has 0 atom stereocenters. The zero-order valence-electron chi connectivity index (χ0n) is 23.4. The second-order valence-corrected chi connectivity index (χ2v) is 11.2. The molecular weight excluding hydrogens is 553 g/mol. The average Bonchev–Trinajstić information content (AvgIpc) is 3.77. The fraction of sp³-hybridized carbons (Fsp3) is 0.303. The molecule has 2 aliphatic rings. The second kappa shape index (κ2) is 11.9. The van der Waals surface area contributed by atoms with Gasteiger partial charge in [-0.1, -0.05) is 65.8 Å². The van der Waals surface area contributed by atoms with Gasteiger partial charge in [-0.2, -0.15) is 4.98 Å². The van der Waals surface area contributed by atoms with Crippen molar-refractivity contribution in [1.29, 1.82) is 0 Å². The molecule has 43 heavy (non-hydrogen) atoms. The molecule has 0 radical (unpaired) electrons. The third-order valence-corrected chi connectivity index (χ3v) is 8.23. The van der Waals surface area contributed by atoms with E-state index in [4.69, 9.17) is 9.26 Å². The largest absolute Gasteiger partial charge is 0.480 e. The highest BCUT2D eigenvalue weighted by molar-refractivity contribution is 6.00. The lowest BCUT2D eigenvalue weighted by molar-refractivity contribution is -0.174. The van der Waals surface area contributed by atoms with Crippen LogP contribution in [0.15, 0.2) is 77.3 Å². The molecule has 0 spiro atoms. The van der Waals surface area contributed by atoms with Gasteiger partial charge in [0.15, 0.2) is 11.2 Å². The Bertz CT molecular complexity index is 1640. The highest BCUT2D eigenvalue weighted by Gasteiger charge is 2.50. The summed E-state index contributed by atoms with van der Waals surface area (Å²) in [5, 5.41) is 13.9. The van der Waals surface area contributed by atoms with E-state index in [2.05, 4.69) is 15.0 Å². The molecule has 1 aromatic heterocycles. The zero-order chi connectivity index (χ0) is 30.0. The number of ketones is 1.